The van der Waals surface area contributed by atoms with Crippen molar-refractivity contribution < 1.29 is 19.7 Å². The van der Waals surface area contributed by atoms with Gasteiger partial charge in [-0.1, -0.05) is 11.8 Å². The van der Waals surface area contributed by atoms with Crippen LogP contribution in [0.25, 0.3) is 22.2 Å². The van der Waals surface area contributed by atoms with Gasteiger partial charge < -0.3 is 5.11 Å². The van der Waals surface area contributed by atoms with Gasteiger partial charge in [-0.05, 0) is 67.6 Å². The van der Waals surface area contributed by atoms with Crippen LogP contribution in [0.4, 0.5) is 13.2 Å². The standard InChI is InChI=1S/C22H17F3N4O.H2/c1-20(2,30)5-3-13-9-14(11-15(10-13)21(12-26)6-7-21)16-4-8-27-19-17(16)18(28-29-19)22(23,24)25;/h4,8-11,30H,6-7H2,1-2H3,(H,27,28,29);1H. The topological polar surface area (TPSA) is 85.6 Å². The first-order valence-corrected chi connectivity index (χ1v) is 9.25. The molecule has 0 saturated heterocycles. The fourth-order valence-electron chi connectivity index (χ4n) is 3.34. The third kappa shape index (κ3) is 3.62. The Balaban J connectivity index is 0.00000272. The van der Waals surface area contributed by atoms with Crippen LogP contribution in [-0.4, -0.2) is 25.9 Å². The Kier molecular flexibility index (Phi) is 4.37. The summed E-state index contributed by atoms with van der Waals surface area (Å²) in [6.45, 7) is 3.08. The second-order valence-corrected chi connectivity index (χ2v) is 7.96. The molecular weight excluding hydrogens is 393 g/mol. The highest BCUT2D eigenvalue weighted by Gasteiger charge is 2.45. The molecule has 5 nitrogen and oxygen atoms in total. The Morgan fingerprint density at radius 2 is 1.97 bits per heavy atom. The number of aliphatic hydroxyl groups is 1. The molecule has 30 heavy (non-hydrogen) atoms. The van der Waals surface area contributed by atoms with E-state index < -0.39 is 22.9 Å². The van der Waals surface area contributed by atoms with E-state index in [0.717, 1.165) is 0 Å². The first-order valence-electron chi connectivity index (χ1n) is 9.25. The molecule has 1 aromatic carbocycles. The van der Waals surface area contributed by atoms with Gasteiger partial charge in [-0.3, -0.25) is 5.10 Å². The average Bonchev–Trinajstić information content (AvgIpc) is 3.35. The van der Waals surface area contributed by atoms with Crippen LogP contribution in [0.3, 0.4) is 0 Å². The number of aromatic nitrogens is 3. The highest BCUT2D eigenvalue weighted by atomic mass is 19.4. The van der Waals surface area contributed by atoms with Crippen LogP contribution in [0.15, 0.2) is 30.5 Å². The fourth-order valence-corrected chi connectivity index (χ4v) is 3.34. The average molecular weight is 412 g/mol. The first kappa shape index (κ1) is 19.9. The van der Waals surface area contributed by atoms with Crippen LogP contribution >= 0.6 is 0 Å². The molecular formula is C22H19F3N4O. The van der Waals surface area contributed by atoms with Gasteiger partial charge >= 0.3 is 6.18 Å². The van der Waals surface area contributed by atoms with Crippen LogP contribution in [-0.2, 0) is 11.6 Å². The quantitative estimate of drug-likeness (QED) is 0.604. The number of benzene rings is 1. The van der Waals surface area contributed by atoms with Crippen LogP contribution in [0.1, 0.15) is 44.9 Å². The summed E-state index contributed by atoms with van der Waals surface area (Å²) >= 11 is 0. The molecule has 0 bridgehead atoms. The lowest BCUT2D eigenvalue weighted by Crippen LogP contribution is -2.14. The van der Waals surface area contributed by atoms with E-state index in [2.05, 4.69) is 28.0 Å². The van der Waals surface area contributed by atoms with Gasteiger partial charge in [-0.2, -0.15) is 23.5 Å². The van der Waals surface area contributed by atoms with Crippen molar-refractivity contribution in [2.24, 2.45) is 0 Å². The molecule has 4 rings (SSSR count). The third-order valence-electron chi connectivity index (χ3n) is 5.01. The molecule has 1 saturated carbocycles. The number of alkyl halides is 3. The van der Waals surface area contributed by atoms with Crippen LogP contribution in [0.5, 0.6) is 0 Å². The van der Waals surface area contributed by atoms with Crippen molar-refractivity contribution in [2.75, 3.05) is 0 Å². The molecule has 0 amide bonds. The maximum atomic E-state index is 13.5. The summed E-state index contributed by atoms with van der Waals surface area (Å²) in [7, 11) is 0. The second kappa shape index (κ2) is 6.58. The number of hydrogen-bond acceptors (Lipinski definition) is 4. The lowest BCUT2D eigenvalue weighted by atomic mass is 9.90. The maximum absolute atomic E-state index is 13.5. The Bertz CT molecular complexity index is 1250. The Hall–Kier alpha value is -3.36. The number of nitrogens with one attached hydrogen (secondary N) is 1. The smallest absolute Gasteiger partial charge is 0.378 e. The maximum Gasteiger partial charge on any atom is 0.433 e. The summed E-state index contributed by atoms with van der Waals surface area (Å²) < 4.78 is 40.6. The molecule has 0 radical (unpaired) electrons. The summed E-state index contributed by atoms with van der Waals surface area (Å²) in [6, 6.07) is 8.94. The minimum absolute atomic E-state index is 0. The monoisotopic (exact) mass is 412 g/mol. The zero-order chi connectivity index (χ0) is 21.7. The Morgan fingerprint density at radius 3 is 2.57 bits per heavy atom. The summed E-state index contributed by atoms with van der Waals surface area (Å²) in [4.78, 5) is 3.94. The predicted octanol–water partition coefficient (Wildman–Crippen LogP) is 4.57. The molecule has 2 N–H and O–H groups in total. The molecule has 0 unspecified atom stereocenters. The van der Waals surface area contributed by atoms with Crippen molar-refractivity contribution in [3.8, 4) is 29.0 Å². The Morgan fingerprint density at radius 1 is 1.23 bits per heavy atom. The minimum atomic E-state index is -4.63. The zero-order valence-corrected chi connectivity index (χ0v) is 16.2. The fraction of sp³-hybridized carbons (Fsp3) is 0.318. The molecule has 0 aliphatic heterocycles. The van der Waals surface area contributed by atoms with E-state index in [1.807, 2.05) is 5.10 Å². The summed E-state index contributed by atoms with van der Waals surface area (Å²) in [5.74, 6) is 5.59. The van der Waals surface area contributed by atoms with Crippen molar-refractivity contribution in [1.82, 2.24) is 15.2 Å². The number of hydrogen-bond donors (Lipinski definition) is 2. The number of nitriles is 1. The van der Waals surface area contributed by atoms with E-state index in [1.54, 1.807) is 18.2 Å². The highest BCUT2D eigenvalue weighted by Crippen LogP contribution is 2.49. The molecule has 3 aromatic rings. The van der Waals surface area contributed by atoms with Gasteiger partial charge in [0, 0.05) is 13.2 Å². The number of nitrogens with zero attached hydrogens (tertiary/aromatic N) is 3. The molecule has 0 spiro atoms. The third-order valence-corrected chi connectivity index (χ3v) is 5.01. The van der Waals surface area contributed by atoms with E-state index in [4.69, 9.17) is 0 Å². The van der Waals surface area contributed by atoms with Gasteiger partial charge in [0.1, 0.15) is 11.3 Å². The molecule has 2 aromatic heterocycles. The molecule has 1 fully saturated rings. The second-order valence-electron chi connectivity index (χ2n) is 7.96. The van der Waals surface area contributed by atoms with Gasteiger partial charge in [0.25, 0.3) is 0 Å². The van der Waals surface area contributed by atoms with Crippen LogP contribution in [0.2, 0.25) is 0 Å². The first-order chi connectivity index (χ1) is 14.0. The van der Waals surface area contributed by atoms with Gasteiger partial charge in [0.05, 0.1) is 16.9 Å². The lowest BCUT2D eigenvalue weighted by Gasteiger charge is -2.13. The van der Waals surface area contributed by atoms with Gasteiger partial charge in [-0.15, -0.1) is 0 Å². The predicted molar refractivity (Wildman–Crippen MR) is 106 cm³/mol. The van der Waals surface area contributed by atoms with E-state index >= 15 is 0 Å². The highest BCUT2D eigenvalue weighted by molar-refractivity contribution is 5.95. The SMILES string of the molecule is CC(C)(O)C#Cc1cc(-c2ccnc3n[nH]c(C(F)(F)F)c23)cc(C2(C#N)CC2)c1.[HH]. The molecule has 154 valence electrons. The molecule has 2 heterocycles. The summed E-state index contributed by atoms with van der Waals surface area (Å²) in [5.41, 5.74) is -0.932. The number of fused-ring (bicyclic) bond motifs is 1. The molecule has 0 atom stereocenters. The van der Waals surface area contributed by atoms with Crippen molar-refractivity contribution in [1.29, 1.82) is 5.26 Å². The summed E-state index contributed by atoms with van der Waals surface area (Å²) in [6.07, 6.45) is -1.88. The summed E-state index contributed by atoms with van der Waals surface area (Å²) in [5, 5.41) is 25.1. The van der Waals surface area contributed by atoms with E-state index in [-0.39, 0.29) is 12.5 Å². The Labute approximate surface area is 172 Å². The lowest BCUT2D eigenvalue weighted by molar-refractivity contribution is -0.139. The normalized spacial score (nSPS) is 15.4. The minimum Gasteiger partial charge on any atom is -0.378 e. The molecule has 1 aliphatic carbocycles. The number of rotatable bonds is 2. The largest absolute Gasteiger partial charge is 0.433 e. The van der Waals surface area contributed by atoms with Gasteiger partial charge in [-0.25, -0.2) is 4.98 Å². The number of pyridine rings is 1. The zero-order valence-electron chi connectivity index (χ0n) is 16.2. The van der Waals surface area contributed by atoms with E-state index in [1.165, 1.54) is 26.1 Å². The van der Waals surface area contributed by atoms with Crippen LogP contribution in [0, 0.1) is 23.2 Å². The molecule has 8 heteroatoms. The van der Waals surface area contributed by atoms with E-state index in [9.17, 15) is 23.5 Å². The van der Waals surface area contributed by atoms with Crippen molar-refractivity contribution in [3.05, 3.63) is 47.3 Å². The van der Waals surface area contributed by atoms with Crippen molar-refractivity contribution in [2.45, 2.75) is 43.9 Å². The van der Waals surface area contributed by atoms with Crippen molar-refractivity contribution in [3.63, 3.8) is 0 Å². The number of aromatic amines is 1. The molecule has 1 aliphatic rings. The van der Waals surface area contributed by atoms with E-state index in [0.29, 0.717) is 35.1 Å². The van der Waals surface area contributed by atoms with Gasteiger partial charge in [0.2, 0.25) is 0 Å². The number of H-pyrrole nitrogens is 1. The number of halogens is 3. The van der Waals surface area contributed by atoms with Crippen molar-refractivity contribution >= 4 is 11.0 Å². The van der Waals surface area contributed by atoms with Crippen LogP contribution < -0.4 is 0 Å². The van der Waals surface area contributed by atoms with Gasteiger partial charge in [0.15, 0.2) is 5.65 Å².